The predicted octanol–water partition coefficient (Wildman–Crippen LogP) is 4.17. The maximum absolute atomic E-state index is 2.36. The Morgan fingerprint density at radius 2 is 1.62 bits per heavy atom. The van der Waals surface area contributed by atoms with Crippen molar-refractivity contribution in [1.82, 2.24) is 0 Å². The zero-order chi connectivity index (χ0) is 12.5. The second-order valence-corrected chi connectivity index (χ2v) is 6.08. The van der Waals surface area contributed by atoms with E-state index in [2.05, 4.69) is 71.8 Å². The highest BCUT2D eigenvalue weighted by Gasteiger charge is 2.19. The van der Waals surface area contributed by atoms with Crippen LogP contribution >= 0.6 is 0 Å². The Hall–Kier alpha value is -0.980. The van der Waals surface area contributed by atoms with E-state index in [-0.39, 0.29) is 5.41 Å². The van der Waals surface area contributed by atoms with Gasteiger partial charge in [0.15, 0.2) is 0 Å². The van der Waals surface area contributed by atoms with Crippen LogP contribution in [0.5, 0.6) is 0 Å². The first-order chi connectivity index (χ1) is 7.23. The van der Waals surface area contributed by atoms with E-state index in [9.17, 15) is 0 Å². The van der Waals surface area contributed by atoms with Crippen LogP contribution in [-0.2, 0) is 5.41 Å². The summed E-state index contributed by atoms with van der Waals surface area (Å²) in [5.41, 5.74) is 4.39. The molecular weight excluding hydrogens is 194 g/mol. The monoisotopic (exact) mass is 219 g/mol. The van der Waals surface area contributed by atoms with Gasteiger partial charge >= 0.3 is 0 Å². The first-order valence-electron chi connectivity index (χ1n) is 6.05. The highest BCUT2D eigenvalue weighted by molar-refractivity contribution is 5.57. The lowest BCUT2D eigenvalue weighted by molar-refractivity contribution is 0.588. The van der Waals surface area contributed by atoms with Gasteiger partial charge in [-0.2, -0.15) is 0 Å². The van der Waals surface area contributed by atoms with Crippen molar-refractivity contribution in [2.24, 2.45) is 0 Å². The van der Waals surface area contributed by atoms with Gasteiger partial charge in [0, 0.05) is 19.8 Å². The van der Waals surface area contributed by atoms with E-state index in [0.29, 0.717) is 5.92 Å². The average molecular weight is 219 g/mol. The third kappa shape index (κ3) is 2.78. The fourth-order valence-electron chi connectivity index (χ4n) is 1.90. The highest BCUT2D eigenvalue weighted by atomic mass is 15.1. The van der Waals surface area contributed by atoms with Crippen LogP contribution in [-0.4, -0.2) is 14.1 Å². The van der Waals surface area contributed by atoms with E-state index in [1.807, 2.05) is 0 Å². The van der Waals surface area contributed by atoms with Gasteiger partial charge in [0.25, 0.3) is 0 Å². The van der Waals surface area contributed by atoms with E-state index in [0.717, 1.165) is 0 Å². The lowest BCUT2D eigenvalue weighted by atomic mass is 9.83. The van der Waals surface area contributed by atoms with Crippen LogP contribution < -0.4 is 4.90 Å². The van der Waals surface area contributed by atoms with E-state index >= 15 is 0 Å². The smallest absolute Gasteiger partial charge is 0.0399 e. The van der Waals surface area contributed by atoms with Gasteiger partial charge < -0.3 is 4.90 Å². The Balaban J connectivity index is 3.33. The van der Waals surface area contributed by atoms with Gasteiger partial charge in [-0.25, -0.2) is 0 Å². The Bertz CT molecular complexity index is 356. The van der Waals surface area contributed by atoms with Crippen LogP contribution in [0.3, 0.4) is 0 Å². The third-order valence-corrected chi connectivity index (χ3v) is 2.98. The fourth-order valence-corrected chi connectivity index (χ4v) is 1.90. The van der Waals surface area contributed by atoms with Gasteiger partial charge in [-0.15, -0.1) is 0 Å². The lowest BCUT2D eigenvalue weighted by Gasteiger charge is -2.28. The molecule has 0 bridgehead atoms. The van der Waals surface area contributed by atoms with Crippen molar-refractivity contribution in [3.63, 3.8) is 0 Å². The largest absolute Gasteiger partial charge is 0.377 e. The molecular formula is C15H25N. The fraction of sp³-hybridized carbons (Fsp3) is 0.600. The molecule has 0 heterocycles. The number of nitrogens with zero attached hydrogens (tertiary/aromatic N) is 1. The van der Waals surface area contributed by atoms with Crippen molar-refractivity contribution >= 4 is 5.69 Å². The molecule has 0 aromatic heterocycles. The van der Waals surface area contributed by atoms with E-state index < -0.39 is 0 Å². The van der Waals surface area contributed by atoms with Crippen LogP contribution in [0.1, 0.15) is 51.7 Å². The van der Waals surface area contributed by atoms with Crippen molar-refractivity contribution in [1.29, 1.82) is 0 Å². The van der Waals surface area contributed by atoms with Gasteiger partial charge in [-0.3, -0.25) is 0 Å². The Kier molecular flexibility index (Phi) is 3.67. The zero-order valence-electron chi connectivity index (χ0n) is 11.8. The van der Waals surface area contributed by atoms with Crippen LogP contribution in [0.4, 0.5) is 5.69 Å². The minimum absolute atomic E-state index is 0.199. The molecule has 0 aliphatic carbocycles. The van der Waals surface area contributed by atoms with Gasteiger partial charge in [-0.05, 0) is 28.5 Å². The molecule has 1 aromatic rings. The maximum Gasteiger partial charge on any atom is 0.0399 e. The second-order valence-electron chi connectivity index (χ2n) is 6.08. The molecule has 90 valence electrons. The second kappa shape index (κ2) is 4.48. The molecule has 16 heavy (non-hydrogen) atoms. The average Bonchev–Trinajstić information content (AvgIpc) is 2.15. The van der Waals surface area contributed by atoms with Crippen LogP contribution in [0, 0.1) is 0 Å². The van der Waals surface area contributed by atoms with Crippen LogP contribution in [0.2, 0.25) is 0 Å². The summed E-state index contributed by atoms with van der Waals surface area (Å²) in [6, 6.07) is 6.85. The van der Waals surface area contributed by atoms with Crippen molar-refractivity contribution in [3.8, 4) is 0 Å². The molecule has 0 saturated carbocycles. The highest BCUT2D eigenvalue weighted by Crippen LogP contribution is 2.33. The van der Waals surface area contributed by atoms with Crippen molar-refractivity contribution in [2.75, 3.05) is 19.0 Å². The van der Waals surface area contributed by atoms with Gasteiger partial charge in [0.1, 0.15) is 0 Å². The molecule has 1 nitrogen and oxygen atoms in total. The number of anilines is 1. The Morgan fingerprint density at radius 3 is 2.00 bits per heavy atom. The summed E-state index contributed by atoms with van der Waals surface area (Å²) in [5.74, 6) is 0.595. The molecule has 0 atom stereocenters. The molecule has 1 heteroatoms. The minimum Gasteiger partial charge on any atom is -0.377 e. The van der Waals surface area contributed by atoms with Crippen LogP contribution in [0.15, 0.2) is 18.2 Å². The normalized spacial score (nSPS) is 12.0. The summed E-state index contributed by atoms with van der Waals surface area (Å²) in [6.07, 6.45) is 0. The summed E-state index contributed by atoms with van der Waals surface area (Å²) in [4.78, 5) is 2.20. The molecule has 0 fully saturated rings. The minimum atomic E-state index is 0.199. The first-order valence-corrected chi connectivity index (χ1v) is 6.05. The summed E-state index contributed by atoms with van der Waals surface area (Å²) < 4.78 is 0. The molecule has 0 saturated heterocycles. The standard InChI is InChI=1S/C15H25N/c1-11(2)12-8-9-14(16(6)7)13(10-12)15(3,4)5/h8-11H,1-7H3. The summed E-state index contributed by atoms with van der Waals surface area (Å²) >= 11 is 0. The van der Waals surface area contributed by atoms with Crippen LogP contribution in [0.25, 0.3) is 0 Å². The molecule has 0 aliphatic heterocycles. The van der Waals surface area contributed by atoms with Gasteiger partial charge in [0.05, 0.1) is 0 Å². The molecule has 0 aliphatic rings. The van der Waals surface area contributed by atoms with Gasteiger partial charge in [0.2, 0.25) is 0 Å². The predicted molar refractivity (Wildman–Crippen MR) is 73.6 cm³/mol. The molecule has 1 rings (SSSR count). The topological polar surface area (TPSA) is 3.24 Å². The van der Waals surface area contributed by atoms with E-state index in [1.165, 1.54) is 16.8 Å². The molecule has 0 unspecified atom stereocenters. The number of hydrogen-bond acceptors (Lipinski definition) is 1. The number of rotatable bonds is 2. The van der Waals surface area contributed by atoms with Gasteiger partial charge in [-0.1, -0.05) is 46.8 Å². The quantitative estimate of drug-likeness (QED) is 0.721. The van der Waals surface area contributed by atoms with E-state index in [1.54, 1.807) is 0 Å². The zero-order valence-corrected chi connectivity index (χ0v) is 11.8. The molecule has 0 amide bonds. The molecule has 1 aromatic carbocycles. The Morgan fingerprint density at radius 1 is 1.06 bits per heavy atom. The SMILES string of the molecule is CC(C)c1ccc(N(C)C)c(C(C)(C)C)c1. The van der Waals surface area contributed by atoms with E-state index in [4.69, 9.17) is 0 Å². The Labute approximate surface area is 100 Å². The third-order valence-electron chi connectivity index (χ3n) is 2.98. The summed E-state index contributed by atoms with van der Waals surface area (Å²) in [5, 5.41) is 0. The summed E-state index contributed by atoms with van der Waals surface area (Å²) in [6.45, 7) is 11.3. The molecule has 0 radical (unpaired) electrons. The number of hydrogen-bond donors (Lipinski definition) is 0. The van der Waals surface area contributed by atoms with Crippen molar-refractivity contribution in [3.05, 3.63) is 29.3 Å². The lowest BCUT2D eigenvalue weighted by Crippen LogP contribution is -2.19. The summed E-state index contributed by atoms with van der Waals surface area (Å²) in [7, 11) is 4.22. The maximum atomic E-state index is 2.36. The van der Waals surface area contributed by atoms with Crippen molar-refractivity contribution in [2.45, 2.75) is 46.0 Å². The number of benzene rings is 1. The molecule has 0 spiro atoms. The van der Waals surface area contributed by atoms with Crippen molar-refractivity contribution < 1.29 is 0 Å². The molecule has 0 N–H and O–H groups in total. The first kappa shape index (κ1) is 13.1.